The van der Waals surface area contributed by atoms with Crippen molar-refractivity contribution >= 4 is 0 Å². The summed E-state index contributed by atoms with van der Waals surface area (Å²) in [7, 11) is 6.78. The van der Waals surface area contributed by atoms with Crippen LogP contribution in [0.2, 0.25) is 0 Å². The molecule has 2 rings (SSSR count). The van der Waals surface area contributed by atoms with E-state index < -0.39 is 0 Å². The molecule has 1 fully saturated rings. The Morgan fingerprint density at radius 1 is 1.08 bits per heavy atom. The Bertz CT molecular complexity index is 516. The number of unbranched alkanes of at least 4 members (excludes halogenated alkanes) is 1. The third kappa shape index (κ3) is 6.26. The van der Waals surface area contributed by atoms with Gasteiger partial charge in [0.2, 0.25) is 0 Å². The molecular formula is C21H34N3+. The van der Waals surface area contributed by atoms with Crippen LogP contribution >= 0.6 is 0 Å². The monoisotopic (exact) mass is 328 g/mol. The van der Waals surface area contributed by atoms with Gasteiger partial charge in [-0.05, 0) is 63.7 Å². The summed E-state index contributed by atoms with van der Waals surface area (Å²) in [4.78, 5) is 2.56. The first-order valence-corrected chi connectivity index (χ1v) is 9.41. The second kappa shape index (κ2) is 8.65. The summed E-state index contributed by atoms with van der Waals surface area (Å²) in [5.41, 5.74) is 1.25. The number of hydrogen-bond acceptors (Lipinski definition) is 2. The van der Waals surface area contributed by atoms with Crippen molar-refractivity contribution in [2.75, 3.05) is 47.3 Å². The van der Waals surface area contributed by atoms with Gasteiger partial charge in [0.1, 0.15) is 0 Å². The standard InChI is InChI=1S/C21H34N3/c1-24(2,3)18-8-7-15-23-16-13-21(19-22,14-17-23)12-11-20-9-5-4-6-10-20/h4-6,9-10H,7-8,11-18H2,1-3H3/q+1. The molecule has 1 saturated heterocycles. The molecule has 0 radical (unpaired) electrons. The van der Waals surface area contributed by atoms with Gasteiger partial charge in [0.15, 0.2) is 0 Å². The molecule has 1 aliphatic rings. The highest BCUT2D eigenvalue weighted by atomic mass is 15.3. The Hall–Kier alpha value is -1.37. The van der Waals surface area contributed by atoms with Crippen LogP contribution in [-0.4, -0.2) is 56.7 Å². The van der Waals surface area contributed by atoms with Crippen molar-refractivity contribution in [1.29, 1.82) is 5.26 Å². The Balaban J connectivity index is 1.72. The smallest absolute Gasteiger partial charge is 0.0780 e. The molecule has 24 heavy (non-hydrogen) atoms. The summed E-state index contributed by atoms with van der Waals surface area (Å²) < 4.78 is 1.05. The molecule has 1 aromatic carbocycles. The van der Waals surface area contributed by atoms with Crippen molar-refractivity contribution in [3.63, 3.8) is 0 Å². The van der Waals surface area contributed by atoms with E-state index in [2.05, 4.69) is 62.4 Å². The van der Waals surface area contributed by atoms with Crippen LogP contribution in [0.3, 0.4) is 0 Å². The van der Waals surface area contributed by atoms with Gasteiger partial charge in [-0.3, -0.25) is 0 Å². The Morgan fingerprint density at radius 3 is 2.33 bits per heavy atom. The van der Waals surface area contributed by atoms with E-state index in [0.29, 0.717) is 0 Å². The van der Waals surface area contributed by atoms with Crippen molar-refractivity contribution in [3.8, 4) is 6.07 Å². The van der Waals surface area contributed by atoms with Crippen LogP contribution in [0.4, 0.5) is 0 Å². The largest absolute Gasteiger partial charge is 0.331 e. The van der Waals surface area contributed by atoms with Crippen LogP contribution in [-0.2, 0) is 6.42 Å². The topological polar surface area (TPSA) is 27.0 Å². The normalized spacial score (nSPS) is 18.2. The summed E-state index contributed by atoms with van der Waals surface area (Å²) in [5, 5.41) is 9.74. The number of piperidine rings is 1. The van der Waals surface area contributed by atoms with E-state index in [-0.39, 0.29) is 5.41 Å². The molecule has 0 bridgehead atoms. The molecule has 0 spiro atoms. The summed E-state index contributed by atoms with van der Waals surface area (Å²) in [5.74, 6) is 0. The van der Waals surface area contributed by atoms with E-state index in [9.17, 15) is 5.26 Å². The lowest BCUT2D eigenvalue weighted by Gasteiger charge is -2.37. The van der Waals surface area contributed by atoms with Gasteiger partial charge in [0, 0.05) is 0 Å². The van der Waals surface area contributed by atoms with Crippen LogP contribution in [0.1, 0.15) is 37.7 Å². The fourth-order valence-electron chi connectivity index (χ4n) is 3.57. The van der Waals surface area contributed by atoms with Crippen molar-refractivity contribution < 1.29 is 4.48 Å². The number of likely N-dealkylation sites (tertiary alicyclic amines) is 1. The average Bonchev–Trinajstić information content (AvgIpc) is 2.58. The first-order valence-electron chi connectivity index (χ1n) is 9.41. The van der Waals surface area contributed by atoms with Crippen LogP contribution in [0.15, 0.2) is 30.3 Å². The molecule has 0 aromatic heterocycles. The van der Waals surface area contributed by atoms with Crippen molar-refractivity contribution in [2.45, 2.75) is 38.5 Å². The van der Waals surface area contributed by atoms with Gasteiger partial charge in [0.05, 0.1) is 39.2 Å². The number of nitriles is 1. The summed E-state index contributed by atoms with van der Waals surface area (Å²) in [6.45, 7) is 4.62. The van der Waals surface area contributed by atoms with Gasteiger partial charge in [-0.15, -0.1) is 0 Å². The second-order valence-corrected chi connectivity index (χ2v) is 8.44. The van der Waals surface area contributed by atoms with Crippen molar-refractivity contribution in [1.82, 2.24) is 4.90 Å². The number of hydrogen-bond donors (Lipinski definition) is 0. The maximum atomic E-state index is 9.74. The molecule has 3 heteroatoms. The molecule has 3 nitrogen and oxygen atoms in total. The molecule has 1 heterocycles. The van der Waals surface area contributed by atoms with Gasteiger partial charge in [-0.1, -0.05) is 30.3 Å². The maximum absolute atomic E-state index is 9.74. The molecule has 0 aliphatic carbocycles. The quantitative estimate of drug-likeness (QED) is 0.537. The highest BCUT2D eigenvalue weighted by Crippen LogP contribution is 2.35. The third-order valence-corrected chi connectivity index (χ3v) is 5.34. The molecule has 0 saturated carbocycles. The predicted octanol–water partition coefficient (Wildman–Crippen LogP) is 3.71. The number of aryl methyl sites for hydroxylation is 1. The van der Waals surface area contributed by atoms with E-state index in [1.165, 1.54) is 31.5 Å². The van der Waals surface area contributed by atoms with Crippen LogP contribution in [0.5, 0.6) is 0 Å². The van der Waals surface area contributed by atoms with Crippen LogP contribution in [0.25, 0.3) is 0 Å². The molecule has 0 amide bonds. The number of rotatable bonds is 8. The van der Waals surface area contributed by atoms with E-state index in [4.69, 9.17) is 0 Å². The van der Waals surface area contributed by atoms with Gasteiger partial charge in [-0.2, -0.15) is 5.26 Å². The highest BCUT2D eigenvalue weighted by Gasteiger charge is 2.34. The van der Waals surface area contributed by atoms with Gasteiger partial charge >= 0.3 is 0 Å². The SMILES string of the molecule is C[N+](C)(C)CCCCN1CCC(C#N)(CCc2ccccc2)CC1. The lowest BCUT2D eigenvalue weighted by atomic mass is 9.75. The first-order chi connectivity index (χ1) is 11.4. The fourth-order valence-corrected chi connectivity index (χ4v) is 3.57. The zero-order valence-electron chi connectivity index (χ0n) is 15.8. The molecule has 1 aromatic rings. The molecule has 0 N–H and O–H groups in total. The minimum atomic E-state index is -0.103. The van der Waals surface area contributed by atoms with Gasteiger partial charge in [-0.25, -0.2) is 0 Å². The minimum absolute atomic E-state index is 0.103. The first kappa shape index (κ1) is 19.0. The van der Waals surface area contributed by atoms with E-state index in [0.717, 1.165) is 43.3 Å². The number of nitrogens with zero attached hydrogens (tertiary/aromatic N) is 3. The summed E-state index contributed by atoms with van der Waals surface area (Å²) in [6, 6.07) is 13.3. The molecule has 132 valence electrons. The maximum Gasteiger partial charge on any atom is 0.0780 e. The fraction of sp³-hybridized carbons (Fsp3) is 0.667. The summed E-state index contributed by atoms with van der Waals surface area (Å²) >= 11 is 0. The lowest BCUT2D eigenvalue weighted by molar-refractivity contribution is -0.870. The molecule has 0 unspecified atom stereocenters. The minimum Gasteiger partial charge on any atom is -0.331 e. The molecular weight excluding hydrogens is 294 g/mol. The zero-order chi connectivity index (χ0) is 17.5. The zero-order valence-corrected chi connectivity index (χ0v) is 15.8. The van der Waals surface area contributed by atoms with Crippen molar-refractivity contribution in [2.24, 2.45) is 5.41 Å². The van der Waals surface area contributed by atoms with E-state index in [1.807, 2.05) is 0 Å². The third-order valence-electron chi connectivity index (χ3n) is 5.34. The lowest BCUT2D eigenvalue weighted by Crippen LogP contribution is -2.40. The van der Waals surface area contributed by atoms with Gasteiger partial charge in [0.25, 0.3) is 0 Å². The Labute approximate surface area is 148 Å². The Morgan fingerprint density at radius 2 is 1.75 bits per heavy atom. The molecule has 0 atom stereocenters. The van der Waals surface area contributed by atoms with Crippen molar-refractivity contribution in [3.05, 3.63) is 35.9 Å². The highest BCUT2D eigenvalue weighted by molar-refractivity contribution is 5.16. The number of quaternary nitrogens is 1. The van der Waals surface area contributed by atoms with E-state index in [1.54, 1.807) is 0 Å². The molecule has 1 aliphatic heterocycles. The van der Waals surface area contributed by atoms with Crippen LogP contribution in [0, 0.1) is 16.7 Å². The summed E-state index contributed by atoms with van der Waals surface area (Å²) in [6.07, 6.45) is 6.66. The number of benzene rings is 1. The predicted molar refractivity (Wildman–Crippen MR) is 101 cm³/mol. The second-order valence-electron chi connectivity index (χ2n) is 8.44. The van der Waals surface area contributed by atoms with Gasteiger partial charge < -0.3 is 9.38 Å². The Kier molecular flexibility index (Phi) is 6.83. The average molecular weight is 329 g/mol. The van der Waals surface area contributed by atoms with E-state index >= 15 is 0 Å². The van der Waals surface area contributed by atoms with Crippen LogP contribution < -0.4 is 0 Å².